The summed E-state index contributed by atoms with van der Waals surface area (Å²) in [5, 5.41) is 23.2. The Kier molecular flexibility index (Phi) is 3.51. The normalized spacial score (nSPS) is 19.5. The highest BCUT2D eigenvalue weighted by Crippen LogP contribution is 2.32. The SMILES string of the molecule is O=C(O)C1Cc2c([nH]c3ccccc23)C(c2ccc([N+](=O)[O-])cc2)[NH2+]1. The predicted molar refractivity (Wildman–Crippen MR) is 90.3 cm³/mol. The van der Waals surface area contributed by atoms with Crippen molar-refractivity contribution in [2.45, 2.75) is 18.5 Å². The van der Waals surface area contributed by atoms with E-state index in [1.54, 1.807) is 17.4 Å². The molecule has 0 bridgehead atoms. The van der Waals surface area contributed by atoms with Gasteiger partial charge < -0.3 is 15.4 Å². The van der Waals surface area contributed by atoms with Crippen LogP contribution >= 0.6 is 0 Å². The van der Waals surface area contributed by atoms with Gasteiger partial charge in [0.1, 0.15) is 0 Å². The fourth-order valence-electron chi connectivity index (χ4n) is 3.57. The molecule has 126 valence electrons. The lowest BCUT2D eigenvalue weighted by molar-refractivity contribution is -0.712. The smallest absolute Gasteiger partial charge is 0.362 e. The van der Waals surface area contributed by atoms with Gasteiger partial charge in [-0.25, -0.2) is 4.79 Å². The van der Waals surface area contributed by atoms with Gasteiger partial charge in [0.25, 0.3) is 5.69 Å². The van der Waals surface area contributed by atoms with Gasteiger partial charge in [0.2, 0.25) is 0 Å². The number of nitro benzene ring substituents is 1. The number of para-hydroxylation sites is 1. The zero-order valence-corrected chi connectivity index (χ0v) is 13.2. The molecule has 7 nitrogen and oxygen atoms in total. The molecule has 1 aliphatic heterocycles. The minimum atomic E-state index is -0.858. The highest BCUT2D eigenvalue weighted by atomic mass is 16.6. The van der Waals surface area contributed by atoms with E-state index in [1.165, 1.54) is 12.1 Å². The molecule has 2 aromatic carbocycles. The highest BCUT2D eigenvalue weighted by Gasteiger charge is 2.37. The van der Waals surface area contributed by atoms with E-state index in [0.29, 0.717) is 6.42 Å². The van der Waals surface area contributed by atoms with Crippen molar-refractivity contribution in [1.29, 1.82) is 0 Å². The molecule has 0 saturated heterocycles. The third-order valence-electron chi connectivity index (χ3n) is 4.79. The van der Waals surface area contributed by atoms with Gasteiger partial charge in [-0.2, -0.15) is 0 Å². The molecule has 7 heteroatoms. The first-order valence-corrected chi connectivity index (χ1v) is 7.96. The number of aliphatic carboxylic acids is 1. The van der Waals surface area contributed by atoms with Crippen molar-refractivity contribution in [3.05, 3.63) is 75.5 Å². The van der Waals surface area contributed by atoms with E-state index in [9.17, 15) is 20.0 Å². The molecule has 2 unspecified atom stereocenters. The number of carboxylic acids is 1. The summed E-state index contributed by atoms with van der Waals surface area (Å²) in [4.78, 5) is 25.4. The van der Waals surface area contributed by atoms with Gasteiger partial charge in [-0.1, -0.05) is 18.2 Å². The lowest BCUT2D eigenvalue weighted by Gasteiger charge is -2.26. The van der Waals surface area contributed by atoms with Crippen LogP contribution in [-0.4, -0.2) is 27.0 Å². The lowest BCUT2D eigenvalue weighted by atomic mass is 9.90. The Bertz CT molecular complexity index is 978. The van der Waals surface area contributed by atoms with Crippen LogP contribution in [0.1, 0.15) is 22.9 Å². The summed E-state index contributed by atoms with van der Waals surface area (Å²) in [5.41, 5.74) is 3.80. The van der Waals surface area contributed by atoms with Crippen LogP contribution < -0.4 is 5.32 Å². The average Bonchev–Trinajstić information content (AvgIpc) is 2.99. The van der Waals surface area contributed by atoms with Crippen molar-refractivity contribution in [2.24, 2.45) is 0 Å². The van der Waals surface area contributed by atoms with Crippen molar-refractivity contribution in [1.82, 2.24) is 4.98 Å². The summed E-state index contributed by atoms with van der Waals surface area (Å²) >= 11 is 0. The first kappa shape index (κ1) is 15.3. The maximum Gasteiger partial charge on any atom is 0.362 e. The summed E-state index contributed by atoms with van der Waals surface area (Å²) in [7, 11) is 0. The van der Waals surface area contributed by atoms with Gasteiger partial charge in [0.05, 0.1) is 10.6 Å². The topological polar surface area (TPSA) is 113 Å². The summed E-state index contributed by atoms with van der Waals surface area (Å²) in [5.74, 6) is -0.858. The number of benzene rings is 2. The number of hydrogen-bond acceptors (Lipinski definition) is 3. The number of nitro groups is 1. The number of quaternary nitrogens is 1. The van der Waals surface area contributed by atoms with E-state index in [-0.39, 0.29) is 11.7 Å². The van der Waals surface area contributed by atoms with E-state index in [4.69, 9.17) is 0 Å². The lowest BCUT2D eigenvalue weighted by Crippen LogP contribution is -2.94. The molecule has 3 aromatic rings. The zero-order chi connectivity index (χ0) is 17.6. The third-order valence-corrected chi connectivity index (χ3v) is 4.79. The van der Waals surface area contributed by atoms with Gasteiger partial charge in [-0.05, 0) is 23.8 Å². The Morgan fingerprint density at radius 3 is 2.60 bits per heavy atom. The minimum absolute atomic E-state index is 0.0196. The van der Waals surface area contributed by atoms with Crippen LogP contribution in [0.5, 0.6) is 0 Å². The quantitative estimate of drug-likeness (QED) is 0.498. The summed E-state index contributed by atoms with van der Waals surface area (Å²) < 4.78 is 0. The molecular weight excluding hydrogens is 322 g/mol. The average molecular weight is 338 g/mol. The maximum atomic E-state index is 11.6. The molecule has 25 heavy (non-hydrogen) atoms. The number of nitrogens with two attached hydrogens (primary N) is 1. The van der Waals surface area contributed by atoms with E-state index < -0.39 is 16.9 Å². The Balaban J connectivity index is 1.84. The number of nitrogens with one attached hydrogen (secondary N) is 1. The second-order valence-electron chi connectivity index (χ2n) is 6.23. The fraction of sp³-hybridized carbons (Fsp3) is 0.167. The number of fused-ring (bicyclic) bond motifs is 3. The molecular formula is C18H16N3O4+. The second-order valence-corrected chi connectivity index (χ2v) is 6.23. The molecule has 0 aliphatic carbocycles. The Hall–Kier alpha value is -3.19. The fourth-order valence-corrected chi connectivity index (χ4v) is 3.57. The van der Waals surface area contributed by atoms with Crippen molar-refractivity contribution in [3.63, 3.8) is 0 Å². The third kappa shape index (κ3) is 2.54. The molecule has 1 aliphatic rings. The Morgan fingerprint density at radius 2 is 1.92 bits per heavy atom. The molecule has 0 saturated carbocycles. The molecule has 2 heterocycles. The number of rotatable bonds is 3. The molecule has 0 spiro atoms. The van der Waals surface area contributed by atoms with Crippen molar-refractivity contribution >= 4 is 22.6 Å². The molecule has 2 atom stereocenters. The highest BCUT2D eigenvalue weighted by molar-refractivity contribution is 5.86. The number of non-ortho nitro benzene ring substituents is 1. The number of carboxylic acid groups (broad SMARTS) is 1. The Morgan fingerprint density at radius 1 is 1.20 bits per heavy atom. The van der Waals surface area contributed by atoms with Crippen LogP contribution in [0.25, 0.3) is 10.9 Å². The summed E-state index contributed by atoms with van der Waals surface area (Å²) in [6, 6.07) is 13.3. The predicted octanol–water partition coefficient (Wildman–Crippen LogP) is 1.74. The van der Waals surface area contributed by atoms with E-state index >= 15 is 0 Å². The zero-order valence-electron chi connectivity index (χ0n) is 13.2. The molecule has 0 fully saturated rings. The largest absolute Gasteiger partial charge is 0.477 e. The number of carbonyl (C=O) groups is 1. The van der Waals surface area contributed by atoms with Gasteiger partial charge >= 0.3 is 5.97 Å². The van der Waals surface area contributed by atoms with Crippen LogP contribution in [0.15, 0.2) is 48.5 Å². The standard InChI is InChI=1S/C18H15N3O4/c22-18(23)15-9-13-12-3-1-2-4-14(12)19-17(13)16(20-15)10-5-7-11(8-6-10)21(24)25/h1-8,15-16,19-20H,9H2,(H,22,23)/p+1. The second kappa shape index (κ2) is 5.71. The molecule has 4 rings (SSSR count). The van der Waals surface area contributed by atoms with Gasteiger partial charge in [0, 0.05) is 35.0 Å². The maximum absolute atomic E-state index is 11.6. The van der Waals surface area contributed by atoms with Crippen LogP contribution in [0, 0.1) is 10.1 Å². The van der Waals surface area contributed by atoms with E-state index in [1.807, 2.05) is 24.3 Å². The van der Waals surface area contributed by atoms with Gasteiger partial charge in [0.15, 0.2) is 12.1 Å². The molecule has 4 N–H and O–H groups in total. The Labute approximate surface area is 142 Å². The van der Waals surface area contributed by atoms with Crippen molar-refractivity contribution < 1.29 is 20.1 Å². The van der Waals surface area contributed by atoms with Crippen LogP contribution in [0.4, 0.5) is 5.69 Å². The molecule has 1 aromatic heterocycles. The van der Waals surface area contributed by atoms with Crippen molar-refractivity contribution in [3.8, 4) is 0 Å². The van der Waals surface area contributed by atoms with E-state index in [2.05, 4.69) is 4.98 Å². The number of aromatic nitrogens is 1. The first-order valence-electron chi connectivity index (χ1n) is 7.96. The molecule has 0 amide bonds. The monoisotopic (exact) mass is 338 g/mol. The van der Waals surface area contributed by atoms with Crippen molar-refractivity contribution in [2.75, 3.05) is 0 Å². The van der Waals surface area contributed by atoms with Crippen LogP contribution in [0.2, 0.25) is 0 Å². The van der Waals surface area contributed by atoms with E-state index in [0.717, 1.165) is 27.7 Å². The van der Waals surface area contributed by atoms with Crippen LogP contribution in [-0.2, 0) is 11.2 Å². The first-order chi connectivity index (χ1) is 12.0. The van der Waals surface area contributed by atoms with Crippen LogP contribution in [0.3, 0.4) is 0 Å². The minimum Gasteiger partial charge on any atom is -0.477 e. The number of nitrogens with zero attached hydrogens (tertiary/aromatic N) is 1. The summed E-state index contributed by atoms with van der Waals surface area (Å²) in [6.07, 6.45) is 0.443. The number of hydrogen-bond donors (Lipinski definition) is 3. The van der Waals surface area contributed by atoms with Gasteiger partial charge in [-0.3, -0.25) is 10.1 Å². The molecule has 0 radical (unpaired) electrons. The number of H-pyrrole nitrogens is 1. The summed E-state index contributed by atoms with van der Waals surface area (Å²) in [6.45, 7) is 0. The van der Waals surface area contributed by atoms with Gasteiger partial charge in [-0.15, -0.1) is 0 Å². The number of aromatic amines is 1.